The summed E-state index contributed by atoms with van der Waals surface area (Å²) in [7, 11) is 0. The largest absolute Gasteiger partial charge is 0.507 e. The first-order valence-corrected chi connectivity index (χ1v) is 6.28. The standard InChI is InChI=1S/C18H14O/c19-18-13-11-15-8-4-5-9-16(15)17(18)12-10-14-6-2-1-3-7-14/h1-13,19H/b12-10+. The third kappa shape index (κ3) is 2.36. The Labute approximate surface area is 112 Å². The molecule has 0 unspecified atom stereocenters. The van der Waals surface area contributed by atoms with E-state index in [9.17, 15) is 5.11 Å². The van der Waals surface area contributed by atoms with Crippen molar-refractivity contribution in [1.29, 1.82) is 0 Å². The number of phenolic OH excluding ortho intramolecular Hbond substituents is 1. The van der Waals surface area contributed by atoms with Gasteiger partial charge in [0.05, 0.1) is 0 Å². The summed E-state index contributed by atoms with van der Waals surface area (Å²) in [6, 6.07) is 21.8. The molecule has 0 saturated carbocycles. The molecule has 1 N–H and O–H groups in total. The zero-order valence-electron chi connectivity index (χ0n) is 10.5. The van der Waals surface area contributed by atoms with Crippen LogP contribution in [0.3, 0.4) is 0 Å². The number of rotatable bonds is 2. The number of benzene rings is 3. The normalized spacial score (nSPS) is 11.2. The first kappa shape index (κ1) is 11.5. The Bertz CT molecular complexity index is 727. The van der Waals surface area contributed by atoms with Gasteiger partial charge in [-0.3, -0.25) is 0 Å². The van der Waals surface area contributed by atoms with Gasteiger partial charge in [-0.1, -0.05) is 72.8 Å². The Kier molecular flexibility index (Phi) is 3.03. The summed E-state index contributed by atoms with van der Waals surface area (Å²) in [5.74, 6) is 0.311. The number of phenols is 1. The fraction of sp³-hybridized carbons (Fsp3) is 0. The fourth-order valence-electron chi connectivity index (χ4n) is 2.20. The van der Waals surface area contributed by atoms with Crippen LogP contribution in [0.25, 0.3) is 22.9 Å². The van der Waals surface area contributed by atoms with Gasteiger partial charge in [0, 0.05) is 5.56 Å². The van der Waals surface area contributed by atoms with Crippen LogP contribution in [0.5, 0.6) is 5.75 Å². The molecule has 0 saturated heterocycles. The van der Waals surface area contributed by atoms with Crippen LogP contribution >= 0.6 is 0 Å². The van der Waals surface area contributed by atoms with Crippen molar-refractivity contribution in [1.82, 2.24) is 0 Å². The van der Waals surface area contributed by atoms with Gasteiger partial charge in [0.25, 0.3) is 0 Å². The second kappa shape index (κ2) is 4.99. The molecule has 0 fully saturated rings. The molecular weight excluding hydrogens is 232 g/mol. The van der Waals surface area contributed by atoms with Crippen LogP contribution in [-0.4, -0.2) is 5.11 Å². The SMILES string of the molecule is Oc1ccc2ccccc2c1/C=C/c1ccccc1. The van der Waals surface area contributed by atoms with Crippen LogP contribution < -0.4 is 0 Å². The molecule has 1 nitrogen and oxygen atoms in total. The van der Waals surface area contributed by atoms with Gasteiger partial charge in [0.1, 0.15) is 5.75 Å². The molecule has 0 aliphatic carbocycles. The third-order valence-electron chi connectivity index (χ3n) is 3.19. The number of aromatic hydroxyl groups is 1. The van der Waals surface area contributed by atoms with Crippen molar-refractivity contribution in [3.8, 4) is 5.75 Å². The van der Waals surface area contributed by atoms with Gasteiger partial charge in [0.15, 0.2) is 0 Å². The Morgan fingerprint density at radius 3 is 2.26 bits per heavy atom. The predicted octanol–water partition coefficient (Wildman–Crippen LogP) is 4.72. The van der Waals surface area contributed by atoms with Gasteiger partial charge >= 0.3 is 0 Å². The smallest absolute Gasteiger partial charge is 0.123 e. The molecule has 92 valence electrons. The van der Waals surface area contributed by atoms with Crippen molar-refractivity contribution in [3.05, 3.63) is 77.9 Å². The lowest BCUT2D eigenvalue weighted by molar-refractivity contribution is 0.475. The molecule has 0 aliphatic heterocycles. The molecule has 0 aliphatic rings. The summed E-state index contributed by atoms with van der Waals surface area (Å²) in [4.78, 5) is 0. The second-order valence-electron chi connectivity index (χ2n) is 4.46. The molecule has 0 radical (unpaired) electrons. The van der Waals surface area contributed by atoms with Crippen LogP contribution in [0.4, 0.5) is 0 Å². The molecule has 0 bridgehead atoms. The summed E-state index contributed by atoms with van der Waals surface area (Å²) in [5, 5.41) is 12.2. The maximum Gasteiger partial charge on any atom is 0.123 e. The molecule has 1 heteroatoms. The minimum absolute atomic E-state index is 0.311. The lowest BCUT2D eigenvalue weighted by Crippen LogP contribution is -1.80. The number of hydrogen-bond donors (Lipinski definition) is 1. The molecule has 0 heterocycles. The van der Waals surface area contributed by atoms with Crippen LogP contribution in [0.2, 0.25) is 0 Å². The van der Waals surface area contributed by atoms with E-state index in [2.05, 4.69) is 6.07 Å². The van der Waals surface area contributed by atoms with Crippen molar-refractivity contribution in [3.63, 3.8) is 0 Å². The average molecular weight is 246 g/mol. The van der Waals surface area contributed by atoms with Gasteiger partial charge in [-0.25, -0.2) is 0 Å². The molecule has 3 rings (SSSR count). The summed E-state index contributed by atoms with van der Waals surface area (Å²) in [6.45, 7) is 0. The van der Waals surface area contributed by atoms with Crippen LogP contribution in [0, 0.1) is 0 Å². The lowest BCUT2D eigenvalue weighted by Gasteiger charge is -2.05. The van der Waals surface area contributed by atoms with Crippen LogP contribution in [0.1, 0.15) is 11.1 Å². The van der Waals surface area contributed by atoms with Crippen molar-refractivity contribution >= 4 is 22.9 Å². The Balaban J connectivity index is 2.10. The molecule has 0 atom stereocenters. The quantitative estimate of drug-likeness (QED) is 0.649. The minimum Gasteiger partial charge on any atom is -0.507 e. The summed E-state index contributed by atoms with van der Waals surface area (Å²) in [6.07, 6.45) is 3.98. The highest BCUT2D eigenvalue weighted by molar-refractivity contribution is 5.95. The van der Waals surface area contributed by atoms with E-state index in [1.165, 1.54) is 0 Å². The van der Waals surface area contributed by atoms with E-state index in [1.807, 2.05) is 66.7 Å². The molecule has 19 heavy (non-hydrogen) atoms. The van der Waals surface area contributed by atoms with E-state index in [0.717, 1.165) is 21.9 Å². The summed E-state index contributed by atoms with van der Waals surface area (Å²) >= 11 is 0. The molecule has 0 aromatic heterocycles. The van der Waals surface area contributed by atoms with Crippen LogP contribution in [-0.2, 0) is 0 Å². The Hall–Kier alpha value is -2.54. The van der Waals surface area contributed by atoms with Crippen molar-refractivity contribution in [2.45, 2.75) is 0 Å². The van der Waals surface area contributed by atoms with E-state index in [4.69, 9.17) is 0 Å². The highest BCUT2D eigenvalue weighted by Crippen LogP contribution is 2.28. The van der Waals surface area contributed by atoms with Gasteiger partial charge in [-0.15, -0.1) is 0 Å². The highest BCUT2D eigenvalue weighted by Gasteiger charge is 2.02. The van der Waals surface area contributed by atoms with Crippen molar-refractivity contribution in [2.24, 2.45) is 0 Å². The van der Waals surface area contributed by atoms with E-state index in [1.54, 1.807) is 6.07 Å². The lowest BCUT2D eigenvalue weighted by atomic mass is 10.0. The molecule has 3 aromatic rings. The van der Waals surface area contributed by atoms with Gasteiger partial charge in [-0.2, -0.15) is 0 Å². The molecule has 0 amide bonds. The van der Waals surface area contributed by atoms with Crippen molar-refractivity contribution in [2.75, 3.05) is 0 Å². The second-order valence-corrected chi connectivity index (χ2v) is 4.46. The minimum atomic E-state index is 0.311. The molecule has 3 aromatic carbocycles. The van der Waals surface area contributed by atoms with Crippen LogP contribution in [0.15, 0.2) is 66.7 Å². The average Bonchev–Trinajstić information content (AvgIpc) is 2.47. The maximum atomic E-state index is 10.0. The monoisotopic (exact) mass is 246 g/mol. The first-order valence-electron chi connectivity index (χ1n) is 6.28. The molecular formula is C18H14O. The predicted molar refractivity (Wildman–Crippen MR) is 81.0 cm³/mol. The first-order chi connectivity index (χ1) is 9.34. The van der Waals surface area contributed by atoms with Gasteiger partial charge in [0.2, 0.25) is 0 Å². The maximum absolute atomic E-state index is 10.0. The van der Waals surface area contributed by atoms with E-state index >= 15 is 0 Å². The van der Waals surface area contributed by atoms with Gasteiger partial charge in [-0.05, 0) is 22.4 Å². The number of fused-ring (bicyclic) bond motifs is 1. The Morgan fingerprint density at radius 2 is 1.42 bits per heavy atom. The third-order valence-corrected chi connectivity index (χ3v) is 3.19. The van der Waals surface area contributed by atoms with Crippen molar-refractivity contribution < 1.29 is 5.11 Å². The van der Waals surface area contributed by atoms with E-state index in [-0.39, 0.29) is 0 Å². The Morgan fingerprint density at radius 1 is 0.684 bits per heavy atom. The number of hydrogen-bond acceptors (Lipinski definition) is 1. The van der Waals surface area contributed by atoms with E-state index in [0.29, 0.717) is 5.75 Å². The summed E-state index contributed by atoms with van der Waals surface area (Å²) < 4.78 is 0. The van der Waals surface area contributed by atoms with Gasteiger partial charge < -0.3 is 5.11 Å². The van der Waals surface area contributed by atoms with E-state index < -0.39 is 0 Å². The molecule has 0 spiro atoms. The zero-order valence-corrected chi connectivity index (χ0v) is 10.5. The summed E-state index contributed by atoms with van der Waals surface area (Å²) in [5.41, 5.74) is 1.98. The highest BCUT2D eigenvalue weighted by atomic mass is 16.3. The fourth-order valence-corrected chi connectivity index (χ4v) is 2.20. The topological polar surface area (TPSA) is 20.2 Å². The zero-order chi connectivity index (χ0) is 13.1.